The van der Waals surface area contributed by atoms with Crippen LogP contribution in [0.1, 0.15) is 24.0 Å². The van der Waals surface area contributed by atoms with Gasteiger partial charge in [-0.15, -0.1) is 0 Å². The van der Waals surface area contributed by atoms with Crippen LogP contribution in [0.5, 0.6) is 5.75 Å². The molecular formula is C16H23NO2. The minimum atomic E-state index is 0.678. The number of rotatable bonds is 2. The van der Waals surface area contributed by atoms with E-state index in [0.717, 1.165) is 44.9 Å². The second-order valence-electron chi connectivity index (χ2n) is 5.50. The summed E-state index contributed by atoms with van der Waals surface area (Å²) in [5.41, 5.74) is 2.91. The van der Waals surface area contributed by atoms with E-state index >= 15 is 0 Å². The summed E-state index contributed by atoms with van der Waals surface area (Å²) in [6.07, 6.45) is 4.86. The van der Waals surface area contributed by atoms with Crippen molar-refractivity contribution >= 4 is 0 Å². The summed E-state index contributed by atoms with van der Waals surface area (Å²) in [5, 5.41) is 0. The maximum absolute atomic E-state index is 5.52. The Balaban J connectivity index is 1.80. The molecule has 0 radical (unpaired) electrons. The van der Waals surface area contributed by atoms with Crippen LogP contribution in [0.4, 0.5) is 0 Å². The summed E-state index contributed by atoms with van der Waals surface area (Å²) in [4.78, 5) is 2.61. The SMILES string of the molecule is COc1cccc2c1CCCC(N1CCOCC1)C2. The lowest BCUT2D eigenvalue weighted by molar-refractivity contribution is 0.0149. The molecule has 2 aliphatic rings. The van der Waals surface area contributed by atoms with Crippen LogP contribution in [0.15, 0.2) is 18.2 Å². The maximum Gasteiger partial charge on any atom is 0.122 e. The Morgan fingerprint density at radius 3 is 2.89 bits per heavy atom. The quantitative estimate of drug-likeness (QED) is 0.762. The molecule has 1 aliphatic heterocycles. The number of methoxy groups -OCH3 is 1. The molecule has 104 valence electrons. The molecule has 0 aromatic heterocycles. The molecule has 1 aliphatic carbocycles. The Hall–Kier alpha value is -1.06. The van der Waals surface area contributed by atoms with Crippen LogP contribution in [0.3, 0.4) is 0 Å². The van der Waals surface area contributed by atoms with Crippen LogP contribution in [-0.4, -0.2) is 44.4 Å². The van der Waals surface area contributed by atoms with E-state index in [-0.39, 0.29) is 0 Å². The topological polar surface area (TPSA) is 21.7 Å². The smallest absolute Gasteiger partial charge is 0.122 e. The number of hydrogen-bond acceptors (Lipinski definition) is 3. The zero-order valence-corrected chi connectivity index (χ0v) is 11.7. The predicted molar refractivity (Wildman–Crippen MR) is 75.8 cm³/mol. The van der Waals surface area contributed by atoms with Gasteiger partial charge in [0, 0.05) is 19.1 Å². The average molecular weight is 261 g/mol. The van der Waals surface area contributed by atoms with Crippen molar-refractivity contribution in [1.82, 2.24) is 4.90 Å². The lowest BCUT2D eigenvalue weighted by Crippen LogP contribution is -2.44. The fraction of sp³-hybridized carbons (Fsp3) is 0.625. The van der Waals surface area contributed by atoms with Crippen LogP contribution < -0.4 is 4.74 Å². The second-order valence-corrected chi connectivity index (χ2v) is 5.50. The fourth-order valence-electron chi connectivity index (χ4n) is 3.40. The first kappa shape index (κ1) is 12.9. The molecular weight excluding hydrogens is 238 g/mol. The van der Waals surface area contributed by atoms with E-state index in [1.54, 1.807) is 7.11 Å². The molecule has 1 unspecified atom stereocenters. The minimum absolute atomic E-state index is 0.678. The Morgan fingerprint density at radius 1 is 1.26 bits per heavy atom. The van der Waals surface area contributed by atoms with E-state index in [4.69, 9.17) is 9.47 Å². The van der Waals surface area contributed by atoms with Gasteiger partial charge >= 0.3 is 0 Å². The molecule has 19 heavy (non-hydrogen) atoms. The van der Waals surface area contributed by atoms with Crippen LogP contribution >= 0.6 is 0 Å². The van der Waals surface area contributed by atoms with Crippen molar-refractivity contribution in [2.75, 3.05) is 33.4 Å². The summed E-state index contributed by atoms with van der Waals surface area (Å²) < 4.78 is 11.0. The number of hydrogen-bond donors (Lipinski definition) is 0. The Bertz CT molecular complexity index is 427. The number of fused-ring (bicyclic) bond motifs is 1. The van der Waals surface area contributed by atoms with Gasteiger partial charge < -0.3 is 9.47 Å². The van der Waals surface area contributed by atoms with E-state index in [9.17, 15) is 0 Å². The number of nitrogens with zero attached hydrogens (tertiary/aromatic N) is 1. The highest BCUT2D eigenvalue weighted by Crippen LogP contribution is 2.30. The van der Waals surface area contributed by atoms with Gasteiger partial charge in [0.1, 0.15) is 5.75 Å². The standard InChI is InChI=1S/C16H23NO2/c1-18-16-7-2-4-13-12-14(5-3-6-15(13)16)17-8-10-19-11-9-17/h2,4,7,14H,3,5-6,8-12H2,1H3. The Kier molecular flexibility index (Phi) is 4.04. The maximum atomic E-state index is 5.52. The van der Waals surface area contributed by atoms with Gasteiger partial charge in [0.2, 0.25) is 0 Å². The number of morpholine rings is 1. The first-order valence-corrected chi connectivity index (χ1v) is 7.35. The van der Waals surface area contributed by atoms with Crippen molar-refractivity contribution in [3.05, 3.63) is 29.3 Å². The molecule has 0 N–H and O–H groups in total. The molecule has 1 atom stereocenters. The van der Waals surface area contributed by atoms with E-state index in [1.165, 1.54) is 24.0 Å². The second kappa shape index (κ2) is 5.93. The highest BCUT2D eigenvalue weighted by molar-refractivity contribution is 5.41. The summed E-state index contributed by atoms with van der Waals surface area (Å²) in [7, 11) is 1.78. The molecule has 1 aromatic carbocycles. The van der Waals surface area contributed by atoms with Crippen LogP contribution in [0, 0.1) is 0 Å². The average Bonchev–Trinajstić information content (AvgIpc) is 2.70. The molecule has 0 bridgehead atoms. The van der Waals surface area contributed by atoms with Crippen molar-refractivity contribution in [1.29, 1.82) is 0 Å². The minimum Gasteiger partial charge on any atom is -0.496 e. The molecule has 3 heteroatoms. The highest BCUT2D eigenvalue weighted by Gasteiger charge is 2.25. The third-order valence-electron chi connectivity index (χ3n) is 4.43. The van der Waals surface area contributed by atoms with Crippen molar-refractivity contribution < 1.29 is 9.47 Å². The molecule has 1 aromatic rings. The molecule has 1 heterocycles. The molecule has 3 nitrogen and oxygen atoms in total. The predicted octanol–water partition coefficient (Wildman–Crippen LogP) is 2.27. The van der Waals surface area contributed by atoms with Gasteiger partial charge in [-0.05, 0) is 42.9 Å². The van der Waals surface area contributed by atoms with Gasteiger partial charge in [-0.2, -0.15) is 0 Å². The summed E-state index contributed by atoms with van der Waals surface area (Å²) in [6.45, 7) is 3.96. The normalized spacial score (nSPS) is 24.6. The van der Waals surface area contributed by atoms with Gasteiger partial charge in [-0.3, -0.25) is 4.90 Å². The molecule has 0 spiro atoms. The van der Waals surface area contributed by atoms with Crippen molar-refractivity contribution in [2.24, 2.45) is 0 Å². The van der Waals surface area contributed by atoms with E-state index in [1.807, 2.05) is 0 Å². The van der Waals surface area contributed by atoms with Crippen LogP contribution in [0.25, 0.3) is 0 Å². The molecule has 0 amide bonds. The van der Waals surface area contributed by atoms with E-state index in [2.05, 4.69) is 23.1 Å². The summed E-state index contributed by atoms with van der Waals surface area (Å²) >= 11 is 0. The summed E-state index contributed by atoms with van der Waals surface area (Å²) in [6, 6.07) is 7.17. The van der Waals surface area contributed by atoms with E-state index in [0.29, 0.717) is 6.04 Å². The molecule has 1 fully saturated rings. The van der Waals surface area contributed by atoms with Crippen molar-refractivity contribution in [3.8, 4) is 5.75 Å². The molecule has 3 rings (SSSR count). The number of benzene rings is 1. The third-order valence-corrected chi connectivity index (χ3v) is 4.43. The largest absolute Gasteiger partial charge is 0.496 e. The summed E-state index contributed by atoms with van der Waals surface area (Å²) in [5.74, 6) is 1.07. The van der Waals surface area contributed by atoms with Crippen molar-refractivity contribution in [2.45, 2.75) is 31.7 Å². The monoisotopic (exact) mass is 261 g/mol. The van der Waals surface area contributed by atoms with E-state index < -0.39 is 0 Å². The lowest BCUT2D eigenvalue weighted by atomic mass is 10.00. The molecule has 1 saturated heterocycles. The zero-order chi connectivity index (χ0) is 13.1. The number of ether oxygens (including phenoxy) is 2. The first-order valence-electron chi connectivity index (χ1n) is 7.35. The Labute approximate surface area is 115 Å². The lowest BCUT2D eigenvalue weighted by Gasteiger charge is -2.34. The van der Waals surface area contributed by atoms with Gasteiger partial charge in [-0.25, -0.2) is 0 Å². The van der Waals surface area contributed by atoms with Gasteiger partial charge in [0.05, 0.1) is 20.3 Å². The highest BCUT2D eigenvalue weighted by atomic mass is 16.5. The van der Waals surface area contributed by atoms with Crippen molar-refractivity contribution in [3.63, 3.8) is 0 Å². The van der Waals surface area contributed by atoms with Gasteiger partial charge in [0.25, 0.3) is 0 Å². The van der Waals surface area contributed by atoms with Crippen LogP contribution in [0.2, 0.25) is 0 Å². The Morgan fingerprint density at radius 2 is 2.11 bits per heavy atom. The fourth-order valence-corrected chi connectivity index (χ4v) is 3.40. The third kappa shape index (κ3) is 2.77. The molecule has 0 saturated carbocycles. The van der Waals surface area contributed by atoms with Crippen LogP contribution in [-0.2, 0) is 17.6 Å². The van der Waals surface area contributed by atoms with Gasteiger partial charge in [0.15, 0.2) is 0 Å². The van der Waals surface area contributed by atoms with Gasteiger partial charge in [-0.1, -0.05) is 12.1 Å². The first-order chi connectivity index (χ1) is 9.38. The zero-order valence-electron chi connectivity index (χ0n) is 11.7.